The Bertz CT molecular complexity index is 495. The van der Waals surface area contributed by atoms with Crippen LogP contribution in [0.15, 0.2) is 18.2 Å². The van der Waals surface area contributed by atoms with Gasteiger partial charge in [0, 0.05) is 0 Å². The quantitative estimate of drug-likeness (QED) is 0.680. The fourth-order valence-electron chi connectivity index (χ4n) is 1.51. The van der Waals surface area contributed by atoms with Crippen LogP contribution in [0.2, 0.25) is 0 Å². The number of rotatable bonds is 4. The Balaban J connectivity index is 0.00000400. The molecule has 1 unspecified atom stereocenters. The van der Waals surface area contributed by atoms with Gasteiger partial charge >= 0.3 is 12.1 Å². The predicted molar refractivity (Wildman–Crippen MR) is 67.1 cm³/mol. The molecule has 0 aliphatic rings. The summed E-state index contributed by atoms with van der Waals surface area (Å²) in [5.74, 6) is -2.83. The summed E-state index contributed by atoms with van der Waals surface area (Å²) < 4.78 is 68.3. The SMILES string of the molecule is CCOC(=O)C(F)[C@@H](N)c1ccc(C(F)(F)F)c(F)c1.Cl. The average molecular weight is 334 g/mol. The molecule has 1 rings (SSSR count). The lowest BCUT2D eigenvalue weighted by Gasteiger charge is -2.17. The van der Waals surface area contributed by atoms with E-state index in [1.54, 1.807) is 0 Å². The number of hydrogen-bond donors (Lipinski definition) is 1. The maximum absolute atomic E-state index is 13.6. The minimum atomic E-state index is -4.86. The average Bonchev–Trinajstić information content (AvgIpc) is 2.35. The van der Waals surface area contributed by atoms with Crippen LogP contribution in [0.1, 0.15) is 24.1 Å². The van der Waals surface area contributed by atoms with Crippen molar-refractivity contribution < 1.29 is 31.5 Å². The third-order valence-corrected chi connectivity index (χ3v) is 2.51. The van der Waals surface area contributed by atoms with E-state index in [0.717, 1.165) is 6.07 Å². The van der Waals surface area contributed by atoms with Gasteiger partial charge in [0.2, 0.25) is 6.17 Å². The van der Waals surface area contributed by atoms with Crippen LogP contribution in [0, 0.1) is 5.82 Å². The molecule has 1 aromatic carbocycles. The van der Waals surface area contributed by atoms with Crippen LogP contribution in [-0.2, 0) is 15.7 Å². The van der Waals surface area contributed by atoms with Crippen molar-refractivity contribution in [2.75, 3.05) is 6.61 Å². The molecule has 0 aliphatic carbocycles. The molecule has 3 nitrogen and oxygen atoms in total. The lowest BCUT2D eigenvalue weighted by atomic mass is 10.0. The van der Waals surface area contributed by atoms with Gasteiger partial charge < -0.3 is 10.5 Å². The fourth-order valence-corrected chi connectivity index (χ4v) is 1.51. The molecule has 2 atom stereocenters. The second kappa shape index (κ2) is 7.56. The third kappa shape index (κ3) is 4.82. The monoisotopic (exact) mass is 333 g/mol. The van der Waals surface area contributed by atoms with Crippen LogP contribution < -0.4 is 5.73 Å². The van der Waals surface area contributed by atoms with Gasteiger partial charge in [-0.15, -0.1) is 12.4 Å². The van der Waals surface area contributed by atoms with E-state index in [2.05, 4.69) is 4.74 Å². The maximum Gasteiger partial charge on any atom is 0.419 e. The summed E-state index contributed by atoms with van der Waals surface area (Å²) in [5, 5.41) is 0. The molecule has 1 aromatic rings. The molecule has 0 amide bonds. The molecule has 0 saturated heterocycles. The number of hydrogen-bond acceptors (Lipinski definition) is 3. The number of carbonyl (C=O) groups is 1. The summed E-state index contributed by atoms with van der Waals surface area (Å²) in [7, 11) is 0. The van der Waals surface area contributed by atoms with Gasteiger partial charge in [-0.05, 0) is 24.6 Å². The maximum atomic E-state index is 13.6. The molecule has 0 saturated carbocycles. The second-order valence-electron chi connectivity index (χ2n) is 3.92. The van der Waals surface area contributed by atoms with Crippen molar-refractivity contribution in [2.45, 2.75) is 25.3 Å². The van der Waals surface area contributed by atoms with Crippen molar-refractivity contribution in [3.8, 4) is 0 Å². The predicted octanol–water partition coefficient (Wildman–Crippen LogP) is 3.17. The van der Waals surface area contributed by atoms with Crippen LogP contribution in [0.25, 0.3) is 0 Å². The van der Waals surface area contributed by atoms with Crippen LogP contribution in [0.4, 0.5) is 22.0 Å². The van der Waals surface area contributed by atoms with Gasteiger partial charge in [-0.25, -0.2) is 13.6 Å². The van der Waals surface area contributed by atoms with Crippen molar-refractivity contribution in [1.29, 1.82) is 0 Å². The number of carbonyl (C=O) groups excluding carboxylic acids is 1. The smallest absolute Gasteiger partial charge is 0.419 e. The Hall–Kier alpha value is -1.41. The summed E-state index contributed by atoms with van der Waals surface area (Å²) in [4.78, 5) is 11.1. The third-order valence-electron chi connectivity index (χ3n) is 2.51. The Morgan fingerprint density at radius 1 is 1.38 bits per heavy atom. The van der Waals surface area contributed by atoms with E-state index >= 15 is 0 Å². The standard InChI is InChI=1S/C12H12F5NO2.ClH/c1-2-20-11(19)9(14)10(18)6-3-4-7(8(13)5-6)12(15,16)17;/h3-5,9-10H,2,18H2,1H3;1H/t9?,10-;/m0./s1. The molecule has 0 bridgehead atoms. The van der Waals surface area contributed by atoms with Gasteiger partial charge in [0.05, 0.1) is 18.2 Å². The van der Waals surface area contributed by atoms with Gasteiger partial charge in [0.1, 0.15) is 5.82 Å². The minimum absolute atomic E-state index is 0. The van der Waals surface area contributed by atoms with Crippen LogP contribution in [0.3, 0.4) is 0 Å². The van der Waals surface area contributed by atoms with E-state index < -0.39 is 35.7 Å². The first-order chi connectivity index (χ1) is 9.18. The first-order valence-corrected chi connectivity index (χ1v) is 5.61. The molecule has 0 heterocycles. The Kier molecular flexibility index (Phi) is 7.05. The Morgan fingerprint density at radius 2 is 1.95 bits per heavy atom. The number of benzene rings is 1. The first kappa shape index (κ1) is 19.6. The summed E-state index contributed by atoms with van der Waals surface area (Å²) in [6.45, 7) is 1.38. The molecular formula is C12H13ClF5NO2. The van der Waals surface area contributed by atoms with E-state index in [0.29, 0.717) is 12.1 Å². The van der Waals surface area contributed by atoms with Crippen molar-refractivity contribution in [3.05, 3.63) is 35.1 Å². The van der Waals surface area contributed by atoms with E-state index in [1.165, 1.54) is 6.92 Å². The van der Waals surface area contributed by atoms with E-state index in [-0.39, 0.29) is 24.6 Å². The van der Waals surface area contributed by atoms with E-state index in [9.17, 15) is 26.7 Å². The Morgan fingerprint density at radius 3 is 2.38 bits per heavy atom. The number of nitrogens with two attached hydrogens (primary N) is 1. The molecule has 0 aromatic heterocycles. The molecule has 0 radical (unpaired) electrons. The Labute approximate surface area is 123 Å². The van der Waals surface area contributed by atoms with Crippen molar-refractivity contribution in [2.24, 2.45) is 5.73 Å². The summed E-state index contributed by atoms with van der Waals surface area (Å²) >= 11 is 0. The van der Waals surface area contributed by atoms with Crippen LogP contribution in [-0.4, -0.2) is 18.7 Å². The van der Waals surface area contributed by atoms with E-state index in [4.69, 9.17) is 5.73 Å². The molecule has 0 spiro atoms. The number of alkyl halides is 4. The van der Waals surface area contributed by atoms with Crippen LogP contribution >= 0.6 is 12.4 Å². The molecule has 9 heteroatoms. The van der Waals surface area contributed by atoms with Gasteiger partial charge in [0.25, 0.3) is 0 Å². The normalized spacial score (nSPS) is 14.0. The van der Waals surface area contributed by atoms with E-state index in [1.807, 2.05) is 0 Å². The van der Waals surface area contributed by atoms with Crippen LogP contribution in [0.5, 0.6) is 0 Å². The van der Waals surface area contributed by atoms with Crippen molar-refractivity contribution >= 4 is 18.4 Å². The zero-order valence-corrected chi connectivity index (χ0v) is 11.6. The van der Waals surface area contributed by atoms with Gasteiger partial charge in [-0.2, -0.15) is 13.2 Å². The highest BCUT2D eigenvalue weighted by Crippen LogP contribution is 2.32. The number of ether oxygens (including phenoxy) is 1. The topological polar surface area (TPSA) is 52.3 Å². The zero-order chi connectivity index (χ0) is 15.5. The highest BCUT2D eigenvalue weighted by Gasteiger charge is 2.35. The lowest BCUT2D eigenvalue weighted by Crippen LogP contribution is -2.31. The van der Waals surface area contributed by atoms with Gasteiger partial charge in [0.15, 0.2) is 0 Å². The highest BCUT2D eigenvalue weighted by atomic mass is 35.5. The molecule has 0 fully saturated rings. The highest BCUT2D eigenvalue weighted by molar-refractivity contribution is 5.85. The summed E-state index contributed by atoms with van der Waals surface area (Å²) in [5.41, 5.74) is 3.62. The lowest BCUT2D eigenvalue weighted by molar-refractivity contribution is -0.150. The van der Waals surface area contributed by atoms with Crippen molar-refractivity contribution in [1.82, 2.24) is 0 Å². The summed E-state index contributed by atoms with van der Waals surface area (Å²) in [6.07, 6.45) is -7.14. The number of esters is 1. The largest absolute Gasteiger partial charge is 0.464 e. The molecule has 0 aliphatic heterocycles. The fraction of sp³-hybridized carbons (Fsp3) is 0.417. The van der Waals surface area contributed by atoms with Crippen molar-refractivity contribution in [3.63, 3.8) is 0 Å². The second-order valence-corrected chi connectivity index (χ2v) is 3.92. The molecule has 21 heavy (non-hydrogen) atoms. The molecular weight excluding hydrogens is 321 g/mol. The first-order valence-electron chi connectivity index (χ1n) is 5.61. The minimum Gasteiger partial charge on any atom is -0.464 e. The number of halogens is 6. The van der Waals surface area contributed by atoms with Gasteiger partial charge in [-0.3, -0.25) is 0 Å². The summed E-state index contributed by atoms with van der Waals surface area (Å²) in [6, 6.07) is 0.121. The zero-order valence-electron chi connectivity index (χ0n) is 10.8. The molecule has 120 valence electrons. The van der Waals surface area contributed by atoms with Gasteiger partial charge in [-0.1, -0.05) is 6.07 Å². The molecule has 2 N–H and O–H groups in total.